The molecule has 5 heteroatoms. The quantitative estimate of drug-likeness (QED) is 0.577. The Morgan fingerprint density at radius 1 is 1.27 bits per heavy atom. The van der Waals surface area contributed by atoms with Gasteiger partial charge in [-0.3, -0.25) is 9.59 Å². The average molecular weight is 312 g/mol. The molecule has 1 aliphatic heterocycles. The lowest BCUT2D eigenvalue weighted by Crippen LogP contribution is -2.26. The summed E-state index contributed by atoms with van der Waals surface area (Å²) >= 11 is 0. The van der Waals surface area contributed by atoms with Crippen LogP contribution in [0.1, 0.15) is 46.5 Å². The molecule has 22 heavy (non-hydrogen) atoms. The topological polar surface area (TPSA) is 61.8 Å². The lowest BCUT2D eigenvalue weighted by molar-refractivity contribution is -0.155. The molecule has 0 spiro atoms. The normalized spacial score (nSPS) is 31.5. The van der Waals surface area contributed by atoms with E-state index in [9.17, 15) is 9.59 Å². The maximum atomic E-state index is 11.3. The van der Waals surface area contributed by atoms with Crippen molar-refractivity contribution in [1.82, 2.24) is 0 Å². The van der Waals surface area contributed by atoms with Crippen molar-refractivity contribution in [3.8, 4) is 0 Å². The van der Waals surface area contributed by atoms with E-state index in [0.29, 0.717) is 31.2 Å². The molecule has 0 radical (unpaired) electrons. The molecule has 0 aromatic heterocycles. The fourth-order valence-electron chi connectivity index (χ4n) is 3.49. The van der Waals surface area contributed by atoms with Crippen LogP contribution in [0.25, 0.3) is 0 Å². The first-order chi connectivity index (χ1) is 10.4. The smallest absolute Gasteiger partial charge is 0.311 e. The number of carbonyl (C=O) groups is 2. The summed E-state index contributed by atoms with van der Waals surface area (Å²) in [7, 11) is 1.58. The first-order valence-electron chi connectivity index (χ1n) is 8.25. The van der Waals surface area contributed by atoms with E-state index in [1.54, 1.807) is 7.11 Å². The summed E-state index contributed by atoms with van der Waals surface area (Å²) < 4.78 is 14.9. The summed E-state index contributed by atoms with van der Waals surface area (Å²) in [6, 6.07) is 0. The molecule has 2 aliphatic carbocycles. The lowest BCUT2D eigenvalue weighted by Gasteiger charge is -2.19. The second kappa shape index (κ2) is 6.99. The van der Waals surface area contributed by atoms with Crippen LogP contribution in [0.3, 0.4) is 0 Å². The Bertz CT molecular complexity index is 415. The lowest BCUT2D eigenvalue weighted by atomic mass is 9.90. The molecule has 2 saturated carbocycles. The van der Waals surface area contributed by atoms with Gasteiger partial charge in [0.25, 0.3) is 0 Å². The zero-order valence-electron chi connectivity index (χ0n) is 14.1. The summed E-state index contributed by atoms with van der Waals surface area (Å²) in [6.45, 7) is 6.53. The molecule has 126 valence electrons. The molecule has 1 heterocycles. The number of hydrogen-bond donors (Lipinski definition) is 0. The second-order valence-electron chi connectivity index (χ2n) is 7.18. The van der Waals surface area contributed by atoms with Crippen LogP contribution in [0.5, 0.6) is 0 Å². The number of hydrogen-bond acceptors (Lipinski definition) is 5. The summed E-state index contributed by atoms with van der Waals surface area (Å²) in [5.41, 5.74) is -0.367. The van der Waals surface area contributed by atoms with E-state index in [0.717, 1.165) is 25.2 Å². The molecule has 0 amide bonds. The number of carbonyl (C=O) groups excluding carboxylic acids is 2. The van der Waals surface area contributed by atoms with Gasteiger partial charge in [0.2, 0.25) is 0 Å². The largest absolute Gasteiger partial charge is 0.463 e. The van der Waals surface area contributed by atoms with Gasteiger partial charge < -0.3 is 14.2 Å². The molecule has 3 fully saturated rings. The number of rotatable bonds is 5. The fourth-order valence-corrected chi connectivity index (χ4v) is 3.49. The molecule has 4 unspecified atom stereocenters. The van der Waals surface area contributed by atoms with Crippen molar-refractivity contribution in [3.63, 3.8) is 0 Å². The van der Waals surface area contributed by atoms with E-state index in [2.05, 4.69) is 0 Å². The standard InChI is InChI=1S/C9H18O3.C8H10O2/c1-5-9(2,3)8(10)12-7-6-11-4;9-8-6-2-4-1-5(6)7(3-4)10-8/h5-7H2,1-4H3;4-7H,1-3H2. The third-order valence-corrected chi connectivity index (χ3v) is 5.28. The van der Waals surface area contributed by atoms with Crippen LogP contribution >= 0.6 is 0 Å². The van der Waals surface area contributed by atoms with Crippen LogP contribution in [0.4, 0.5) is 0 Å². The Hall–Kier alpha value is -1.10. The van der Waals surface area contributed by atoms with Crippen LogP contribution in [0, 0.1) is 23.2 Å². The number of esters is 2. The fraction of sp³-hybridized carbons (Fsp3) is 0.882. The van der Waals surface area contributed by atoms with Crippen LogP contribution in [0.2, 0.25) is 0 Å². The minimum absolute atomic E-state index is 0.0926. The molecular formula is C17H28O5. The molecule has 4 atom stereocenters. The Balaban J connectivity index is 0.000000161. The van der Waals surface area contributed by atoms with Crippen molar-refractivity contribution in [2.24, 2.45) is 23.2 Å². The van der Waals surface area contributed by atoms with Crippen LogP contribution in [0.15, 0.2) is 0 Å². The van der Waals surface area contributed by atoms with Gasteiger partial charge in [-0.25, -0.2) is 0 Å². The van der Waals surface area contributed by atoms with Crippen LogP contribution in [-0.4, -0.2) is 38.4 Å². The molecule has 0 N–H and O–H groups in total. The molecule has 2 bridgehead atoms. The van der Waals surface area contributed by atoms with Crippen molar-refractivity contribution in [2.75, 3.05) is 20.3 Å². The van der Waals surface area contributed by atoms with E-state index in [1.165, 1.54) is 6.42 Å². The first-order valence-corrected chi connectivity index (χ1v) is 8.25. The molecule has 5 nitrogen and oxygen atoms in total. The van der Waals surface area contributed by atoms with E-state index in [1.807, 2.05) is 20.8 Å². The maximum Gasteiger partial charge on any atom is 0.311 e. The van der Waals surface area contributed by atoms with Crippen molar-refractivity contribution >= 4 is 11.9 Å². The third-order valence-electron chi connectivity index (χ3n) is 5.28. The van der Waals surface area contributed by atoms with Gasteiger partial charge in [-0.2, -0.15) is 0 Å². The molecule has 3 rings (SSSR count). The molecule has 0 aromatic carbocycles. The molecule has 1 saturated heterocycles. The van der Waals surface area contributed by atoms with Gasteiger partial charge in [0, 0.05) is 13.0 Å². The van der Waals surface area contributed by atoms with Gasteiger partial charge in [-0.1, -0.05) is 6.92 Å². The maximum absolute atomic E-state index is 11.3. The summed E-state index contributed by atoms with van der Waals surface area (Å²) in [5, 5.41) is 0. The Morgan fingerprint density at radius 3 is 2.50 bits per heavy atom. The molecular weight excluding hydrogens is 284 g/mol. The van der Waals surface area contributed by atoms with Gasteiger partial charge in [-0.05, 0) is 45.4 Å². The monoisotopic (exact) mass is 312 g/mol. The highest BCUT2D eigenvalue weighted by Crippen LogP contribution is 2.54. The summed E-state index contributed by atoms with van der Waals surface area (Å²) in [6.07, 6.45) is 4.67. The van der Waals surface area contributed by atoms with E-state index < -0.39 is 0 Å². The van der Waals surface area contributed by atoms with Crippen molar-refractivity contribution in [2.45, 2.75) is 52.6 Å². The van der Waals surface area contributed by atoms with Gasteiger partial charge in [-0.15, -0.1) is 0 Å². The van der Waals surface area contributed by atoms with E-state index >= 15 is 0 Å². The van der Waals surface area contributed by atoms with E-state index in [4.69, 9.17) is 14.2 Å². The summed E-state index contributed by atoms with van der Waals surface area (Å²) in [5.74, 6) is 1.70. The van der Waals surface area contributed by atoms with Gasteiger partial charge in [0.1, 0.15) is 12.7 Å². The number of fused-ring (bicyclic) bond motifs is 1. The minimum Gasteiger partial charge on any atom is -0.463 e. The zero-order chi connectivity index (χ0) is 16.3. The first kappa shape index (κ1) is 17.3. The zero-order valence-corrected chi connectivity index (χ0v) is 14.1. The molecule has 3 aliphatic rings. The Labute approximate surface area is 132 Å². The predicted molar refractivity (Wildman–Crippen MR) is 81.1 cm³/mol. The van der Waals surface area contributed by atoms with E-state index in [-0.39, 0.29) is 17.4 Å². The van der Waals surface area contributed by atoms with Crippen molar-refractivity contribution in [3.05, 3.63) is 0 Å². The second-order valence-corrected chi connectivity index (χ2v) is 7.18. The Morgan fingerprint density at radius 2 is 2.00 bits per heavy atom. The van der Waals surface area contributed by atoms with Crippen molar-refractivity contribution in [1.29, 1.82) is 0 Å². The Kier molecular flexibility index (Phi) is 5.48. The highest BCUT2D eigenvalue weighted by Gasteiger charge is 2.56. The molecule has 0 aromatic rings. The average Bonchev–Trinajstić information content (AvgIpc) is 3.11. The predicted octanol–water partition coefficient (Wildman–Crippen LogP) is 2.57. The van der Waals surface area contributed by atoms with Gasteiger partial charge >= 0.3 is 11.9 Å². The SMILES string of the molecule is CCC(C)(C)C(=O)OCCOC.O=C1OC2CC3CC1C2C3. The minimum atomic E-state index is -0.367. The highest BCUT2D eigenvalue weighted by atomic mass is 16.6. The summed E-state index contributed by atoms with van der Waals surface area (Å²) in [4.78, 5) is 22.4. The van der Waals surface area contributed by atoms with Crippen LogP contribution in [-0.2, 0) is 23.8 Å². The number of methoxy groups -OCH3 is 1. The van der Waals surface area contributed by atoms with Crippen LogP contribution < -0.4 is 0 Å². The highest BCUT2D eigenvalue weighted by molar-refractivity contribution is 5.76. The third kappa shape index (κ3) is 3.62. The number of ether oxygens (including phenoxy) is 3. The van der Waals surface area contributed by atoms with Crippen molar-refractivity contribution < 1.29 is 23.8 Å². The van der Waals surface area contributed by atoms with Gasteiger partial charge in [0.05, 0.1) is 17.9 Å². The van der Waals surface area contributed by atoms with Gasteiger partial charge in [0.15, 0.2) is 0 Å².